The van der Waals surface area contributed by atoms with Crippen LogP contribution in [0.4, 0.5) is 0 Å². The molecular weight excluding hydrogens is 737 g/mol. The average molecular weight is 813 g/mol. The van der Waals surface area contributed by atoms with Gasteiger partial charge in [0.05, 0.1) is 13.2 Å². The van der Waals surface area contributed by atoms with Gasteiger partial charge in [-0.25, -0.2) is 0 Å². The van der Waals surface area contributed by atoms with Crippen molar-refractivity contribution in [3.05, 3.63) is 30.3 Å². The van der Waals surface area contributed by atoms with Crippen molar-refractivity contribution in [2.45, 2.75) is 191 Å². The van der Waals surface area contributed by atoms with E-state index in [4.69, 9.17) is 47.4 Å². The minimum atomic E-state index is -1.05. The first-order valence-corrected chi connectivity index (χ1v) is 22.8. The van der Waals surface area contributed by atoms with Crippen molar-refractivity contribution in [1.82, 2.24) is 0 Å². The first-order valence-electron chi connectivity index (χ1n) is 21.9. The molecule has 0 spiro atoms. The number of hydrogen-bond donors (Lipinski definition) is 0. The lowest BCUT2D eigenvalue weighted by Gasteiger charge is -2.50. The van der Waals surface area contributed by atoms with Gasteiger partial charge in [-0.05, 0) is 50.7 Å². The van der Waals surface area contributed by atoms with Crippen molar-refractivity contribution in [3.63, 3.8) is 0 Å². The molecule has 2 aliphatic rings. The summed E-state index contributed by atoms with van der Waals surface area (Å²) in [5.41, 5.74) is -0.404. The highest BCUT2D eigenvalue weighted by Gasteiger charge is 2.55. The predicted octanol–water partition coefficient (Wildman–Crippen LogP) is 8.92. The number of thioether (sulfide) groups is 1. The monoisotopic (exact) mass is 813 g/mol. The van der Waals surface area contributed by atoms with E-state index >= 15 is 0 Å². The molecule has 0 bridgehead atoms. The Balaban J connectivity index is 2.11. The molecule has 1 aromatic rings. The highest BCUT2D eigenvalue weighted by molar-refractivity contribution is 7.99. The molecule has 10 atom stereocenters. The SMILES string of the molecule is CCCCOCC1OC(OC2C(COCCCC)OC(Sc3ccccc3)C(OCCCC)C2OCCCC)C(OC(C)=O)C(OCCCC)C1OCCCC. The minimum Gasteiger partial charge on any atom is -0.454 e. The molecule has 0 saturated carbocycles. The number of rotatable bonds is 31. The van der Waals surface area contributed by atoms with Crippen LogP contribution in [0, 0.1) is 0 Å². The van der Waals surface area contributed by atoms with Crippen LogP contribution in [-0.4, -0.2) is 119 Å². The maximum atomic E-state index is 12.9. The summed E-state index contributed by atoms with van der Waals surface area (Å²) >= 11 is 1.62. The molecule has 2 heterocycles. The van der Waals surface area contributed by atoms with Crippen molar-refractivity contribution in [1.29, 1.82) is 0 Å². The van der Waals surface area contributed by atoms with Crippen molar-refractivity contribution in [3.8, 4) is 0 Å². The van der Waals surface area contributed by atoms with E-state index in [9.17, 15) is 4.79 Å². The lowest BCUT2D eigenvalue weighted by molar-refractivity contribution is -0.351. The van der Waals surface area contributed by atoms with Crippen molar-refractivity contribution in [2.75, 3.05) is 52.9 Å². The molecule has 1 aromatic carbocycles. The van der Waals surface area contributed by atoms with E-state index in [1.807, 2.05) is 18.2 Å². The fourth-order valence-corrected chi connectivity index (χ4v) is 7.75. The fourth-order valence-electron chi connectivity index (χ4n) is 6.60. The summed E-state index contributed by atoms with van der Waals surface area (Å²) in [4.78, 5) is 14.0. The van der Waals surface area contributed by atoms with E-state index in [0.29, 0.717) is 39.6 Å². The van der Waals surface area contributed by atoms with Gasteiger partial charge in [-0.1, -0.05) is 110 Å². The van der Waals surface area contributed by atoms with Crippen LogP contribution in [0.5, 0.6) is 0 Å². The van der Waals surface area contributed by atoms with Gasteiger partial charge in [0.1, 0.15) is 48.2 Å². The summed E-state index contributed by atoms with van der Waals surface area (Å²) in [5.74, 6) is -0.462. The molecule has 0 amide bonds. The zero-order valence-corrected chi connectivity index (χ0v) is 36.5. The molecule has 12 heteroatoms. The number of esters is 1. The number of carbonyl (C=O) groups is 1. The standard InChI is InChI=1S/C44H76O11S/c1-8-14-25-46-31-35-37(48-27-16-10-3)39(49-28-17-11-4)41(52-33(7)45)43(53-35)55-38-36(32-47-26-15-9-2)54-44(56-34-23-21-20-22-24-34)42(51-30-19-13-6)40(38)50-29-18-12-5/h20-24,35-44H,8-19,25-32H2,1-7H3. The third kappa shape index (κ3) is 17.1. The van der Waals surface area contributed by atoms with Gasteiger partial charge in [0, 0.05) is 51.5 Å². The summed E-state index contributed by atoms with van der Waals surface area (Å²) in [7, 11) is 0. The van der Waals surface area contributed by atoms with E-state index in [1.165, 1.54) is 6.92 Å². The lowest BCUT2D eigenvalue weighted by Crippen LogP contribution is -2.66. The molecular formula is C44H76O11S. The number of ether oxygens (including phenoxy) is 10. The van der Waals surface area contributed by atoms with E-state index < -0.39 is 66.5 Å². The molecule has 324 valence electrons. The molecule has 2 saturated heterocycles. The number of unbranched alkanes of at least 4 members (excludes halogenated alkanes) is 6. The minimum absolute atomic E-state index is 0.275. The van der Waals surface area contributed by atoms with Crippen LogP contribution in [0.2, 0.25) is 0 Å². The van der Waals surface area contributed by atoms with Crippen LogP contribution >= 0.6 is 11.8 Å². The smallest absolute Gasteiger partial charge is 0.303 e. The average Bonchev–Trinajstić information content (AvgIpc) is 3.19. The van der Waals surface area contributed by atoms with Gasteiger partial charge < -0.3 is 47.4 Å². The van der Waals surface area contributed by atoms with E-state index in [2.05, 4.69) is 53.7 Å². The number of carbonyl (C=O) groups excluding carboxylic acids is 1. The Bertz CT molecular complexity index is 1120. The largest absolute Gasteiger partial charge is 0.454 e. The zero-order valence-electron chi connectivity index (χ0n) is 35.7. The molecule has 0 aromatic heterocycles. The summed E-state index contributed by atoms with van der Waals surface area (Å²) in [6, 6.07) is 10.2. The Morgan fingerprint density at radius 1 is 0.554 bits per heavy atom. The Morgan fingerprint density at radius 2 is 1.00 bits per heavy atom. The summed E-state index contributed by atoms with van der Waals surface area (Å²) in [5, 5.41) is 0. The quantitative estimate of drug-likeness (QED) is 0.0528. The highest BCUT2D eigenvalue weighted by atomic mass is 32.2. The summed E-state index contributed by atoms with van der Waals surface area (Å²) in [6.07, 6.45) is 5.21. The normalized spacial score (nSPS) is 28.1. The maximum Gasteiger partial charge on any atom is 0.303 e. The highest BCUT2D eigenvalue weighted by Crippen LogP contribution is 2.40. The van der Waals surface area contributed by atoms with Crippen molar-refractivity contribution < 1.29 is 52.2 Å². The van der Waals surface area contributed by atoms with Gasteiger partial charge >= 0.3 is 5.97 Å². The first kappa shape index (κ1) is 49.0. The molecule has 10 unspecified atom stereocenters. The van der Waals surface area contributed by atoms with Crippen LogP contribution in [0.15, 0.2) is 35.2 Å². The van der Waals surface area contributed by atoms with E-state index in [0.717, 1.165) is 81.9 Å². The van der Waals surface area contributed by atoms with Gasteiger partial charge in [0.2, 0.25) is 0 Å². The second-order valence-electron chi connectivity index (χ2n) is 14.8. The summed E-state index contributed by atoms with van der Waals surface area (Å²) < 4.78 is 66.3. The third-order valence-corrected chi connectivity index (χ3v) is 11.0. The molecule has 56 heavy (non-hydrogen) atoms. The topological polar surface area (TPSA) is 109 Å². The molecule has 0 radical (unpaired) electrons. The number of hydrogen-bond acceptors (Lipinski definition) is 12. The van der Waals surface area contributed by atoms with Crippen molar-refractivity contribution in [2.24, 2.45) is 0 Å². The first-order chi connectivity index (χ1) is 27.4. The van der Waals surface area contributed by atoms with Gasteiger partial charge in [0.25, 0.3) is 0 Å². The third-order valence-electron chi connectivity index (χ3n) is 9.85. The molecule has 11 nitrogen and oxygen atoms in total. The van der Waals surface area contributed by atoms with Crippen LogP contribution in [0.25, 0.3) is 0 Å². The van der Waals surface area contributed by atoms with Gasteiger partial charge in [-0.2, -0.15) is 0 Å². The van der Waals surface area contributed by atoms with Crippen LogP contribution in [0.3, 0.4) is 0 Å². The van der Waals surface area contributed by atoms with Crippen molar-refractivity contribution >= 4 is 17.7 Å². The Kier molecular flexibility index (Phi) is 26.1. The fraction of sp³-hybridized carbons (Fsp3) is 0.841. The predicted molar refractivity (Wildman–Crippen MR) is 220 cm³/mol. The maximum absolute atomic E-state index is 12.9. The zero-order chi connectivity index (χ0) is 40.4. The van der Waals surface area contributed by atoms with Crippen LogP contribution < -0.4 is 0 Å². The Hall–Kier alpha value is -1.32. The van der Waals surface area contributed by atoms with Gasteiger partial charge in [-0.3, -0.25) is 4.79 Å². The number of benzene rings is 1. The second-order valence-corrected chi connectivity index (χ2v) is 16.0. The van der Waals surface area contributed by atoms with Crippen LogP contribution in [0.1, 0.15) is 126 Å². The van der Waals surface area contributed by atoms with E-state index in [1.54, 1.807) is 11.8 Å². The molecule has 0 aliphatic carbocycles. The Labute approximate surface area is 343 Å². The second kappa shape index (κ2) is 29.8. The Morgan fingerprint density at radius 3 is 1.50 bits per heavy atom. The molecule has 3 rings (SSSR count). The van der Waals surface area contributed by atoms with Crippen LogP contribution in [-0.2, 0) is 52.2 Å². The molecule has 0 N–H and O–H groups in total. The lowest BCUT2D eigenvalue weighted by atomic mass is 9.96. The molecule has 2 fully saturated rings. The van der Waals surface area contributed by atoms with E-state index in [-0.39, 0.29) is 13.2 Å². The summed E-state index contributed by atoms with van der Waals surface area (Å²) in [6.45, 7) is 18.0. The van der Waals surface area contributed by atoms with Gasteiger partial charge in [-0.15, -0.1) is 0 Å². The molecule has 2 aliphatic heterocycles. The van der Waals surface area contributed by atoms with Gasteiger partial charge in [0.15, 0.2) is 12.4 Å².